The number of anilines is 1. The summed E-state index contributed by atoms with van der Waals surface area (Å²) in [6.45, 7) is 5.10. The van der Waals surface area contributed by atoms with Crippen molar-refractivity contribution in [2.75, 3.05) is 11.1 Å². The molecular formula is C22H25NO4S. The fraction of sp³-hybridized carbons (Fsp3) is 0.273. The first-order chi connectivity index (χ1) is 13.4. The second-order valence-corrected chi connectivity index (χ2v) is 6.85. The first-order valence-electron chi connectivity index (χ1n) is 9.02. The predicted octanol–water partition coefficient (Wildman–Crippen LogP) is 4.11. The summed E-state index contributed by atoms with van der Waals surface area (Å²) in [6.07, 6.45) is 0.559. The van der Waals surface area contributed by atoms with E-state index in [1.54, 1.807) is 24.3 Å². The molecule has 0 aliphatic carbocycles. The molecule has 2 aromatic carbocycles. The summed E-state index contributed by atoms with van der Waals surface area (Å²) in [5, 5.41) is 12.4. The van der Waals surface area contributed by atoms with Crippen molar-refractivity contribution in [3.05, 3.63) is 67.3 Å². The highest BCUT2D eigenvalue weighted by Crippen LogP contribution is 2.23. The standard InChI is InChI=1S/C22H25NO4S/c1-3-20(15(2)24)21(25)13-16(14-28)22(26)23-17-9-11-19(12-10-17)27-18-7-5-4-6-8-18/h3-12,15-16,20,24,28H,1,13-14H2,2H3,(H,23,26)/t15-,16+,20+/m1/s1. The number of carbonyl (C=O) groups excluding carboxylic acids is 2. The van der Waals surface area contributed by atoms with E-state index in [1.165, 1.54) is 13.0 Å². The minimum absolute atomic E-state index is 0.00782. The number of rotatable bonds is 10. The van der Waals surface area contributed by atoms with Crippen LogP contribution in [0.5, 0.6) is 11.5 Å². The Hall–Kier alpha value is -2.57. The van der Waals surface area contributed by atoms with Gasteiger partial charge in [0.25, 0.3) is 0 Å². The maximum Gasteiger partial charge on any atom is 0.228 e. The molecule has 2 rings (SSSR count). The zero-order valence-electron chi connectivity index (χ0n) is 15.7. The summed E-state index contributed by atoms with van der Waals surface area (Å²) in [6, 6.07) is 16.4. The van der Waals surface area contributed by atoms with Gasteiger partial charge in [-0.1, -0.05) is 24.3 Å². The van der Waals surface area contributed by atoms with Crippen LogP contribution in [0.15, 0.2) is 67.3 Å². The number of ether oxygens (including phenoxy) is 1. The zero-order valence-corrected chi connectivity index (χ0v) is 16.6. The van der Waals surface area contributed by atoms with Crippen molar-refractivity contribution in [3.8, 4) is 11.5 Å². The van der Waals surface area contributed by atoms with E-state index in [9.17, 15) is 14.7 Å². The summed E-state index contributed by atoms with van der Waals surface area (Å²) >= 11 is 4.20. The molecule has 0 radical (unpaired) electrons. The fourth-order valence-electron chi connectivity index (χ4n) is 2.69. The number of amides is 1. The predicted molar refractivity (Wildman–Crippen MR) is 114 cm³/mol. The molecule has 0 heterocycles. The van der Waals surface area contributed by atoms with Gasteiger partial charge in [-0.15, -0.1) is 6.58 Å². The number of hydrogen-bond donors (Lipinski definition) is 3. The minimum atomic E-state index is -0.842. The second-order valence-electron chi connectivity index (χ2n) is 6.48. The molecule has 2 N–H and O–H groups in total. The van der Waals surface area contributed by atoms with Gasteiger partial charge in [-0.25, -0.2) is 0 Å². The third-order valence-electron chi connectivity index (χ3n) is 4.28. The van der Waals surface area contributed by atoms with Gasteiger partial charge in [0.2, 0.25) is 5.91 Å². The molecule has 0 aliphatic heterocycles. The Morgan fingerprint density at radius 2 is 1.75 bits per heavy atom. The minimum Gasteiger partial charge on any atom is -0.457 e. The van der Waals surface area contributed by atoms with Crippen molar-refractivity contribution in [2.45, 2.75) is 19.4 Å². The van der Waals surface area contributed by atoms with E-state index < -0.39 is 17.9 Å². The highest BCUT2D eigenvalue weighted by atomic mass is 32.1. The van der Waals surface area contributed by atoms with Gasteiger partial charge in [0.15, 0.2) is 0 Å². The van der Waals surface area contributed by atoms with Gasteiger partial charge < -0.3 is 15.2 Å². The summed E-state index contributed by atoms with van der Waals surface area (Å²) in [7, 11) is 0. The van der Waals surface area contributed by atoms with Crippen molar-refractivity contribution in [1.29, 1.82) is 0 Å². The number of thiol groups is 1. The molecule has 0 bridgehead atoms. The molecule has 0 unspecified atom stereocenters. The van der Waals surface area contributed by atoms with Crippen molar-refractivity contribution >= 4 is 30.0 Å². The summed E-state index contributed by atoms with van der Waals surface area (Å²) in [5.41, 5.74) is 0.598. The molecule has 1 amide bonds. The number of aliphatic hydroxyl groups is 1. The van der Waals surface area contributed by atoms with E-state index in [0.717, 1.165) is 5.75 Å². The highest BCUT2D eigenvalue weighted by Gasteiger charge is 2.26. The number of aliphatic hydroxyl groups excluding tert-OH is 1. The number of nitrogens with one attached hydrogen (secondary N) is 1. The Labute approximate surface area is 170 Å². The Balaban J connectivity index is 1.96. The van der Waals surface area contributed by atoms with Gasteiger partial charge >= 0.3 is 0 Å². The number of benzene rings is 2. The molecule has 28 heavy (non-hydrogen) atoms. The lowest BCUT2D eigenvalue weighted by atomic mass is 9.91. The van der Waals surface area contributed by atoms with E-state index in [1.807, 2.05) is 30.3 Å². The molecule has 0 aromatic heterocycles. The molecule has 6 heteroatoms. The average Bonchev–Trinajstić information content (AvgIpc) is 2.68. The molecule has 0 saturated heterocycles. The smallest absolute Gasteiger partial charge is 0.228 e. The molecule has 0 spiro atoms. The van der Waals surface area contributed by atoms with Gasteiger partial charge in [0, 0.05) is 17.9 Å². The lowest BCUT2D eigenvalue weighted by molar-refractivity contribution is -0.128. The van der Waals surface area contributed by atoms with E-state index in [-0.39, 0.29) is 23.9 Å². The van der Waals surface area contributed by atoms with Gasteiger partial charge in [-0.3, -0.25) is 9.59 Å². The Morgan fingerprint density at radius 3 is 2.29 bits per heavy atom. The van der Waals surface area contributed by atoms with Crippen LogP contribution in [0.1, 0.15) is 13.3 Å². The monoisotopic (exact) mass is 399 g/mol. The van der Waals surface area contributed by atoms with Crippen LogP contribution in [0.4, 0.5) is 5.69 Å². The van der Waals surface area contributed by atoms with Crippen molar-refractivity contribution in [3.63, 3.8) is 0 Å². The lowest BCUT2D eigenvalue weighted by Gasteiger charge is -2.19. The zero-order chi connectivity index (χ0) is 20.5. The maximum atomic E-state index is 12.5. The van der Waals surface area contributed by atoms with Crippen LogP contribution >= 0.6 is 12.6 Å². The normalized spacial score (nSPS) is 13.8. The molecule has 0 saturated carbocycles. The molecule has 0 aliphatic rings. The molecule has 148 valence electrons. The topological polar surface area (TPSA) is 75.6 Å². The van der Waals surface area contributed by atoms with E-state index in [0.29, 0.717) is 11.4 Å². The Bertz CT molecular complexity index is 790. The second kappa shape index (κ2) is 10.7. The number of para-hydroxylation sites is 1. The van der Waals surface area contributed by atoms with Crippen LogP contribution in [0.3, 0.4) is 0 Å². The third kappa shape index (κ3) is 6.25. The van der Waals surface area contributed by atoms with Crippen LogP contribution in [0.2, 0.25) is 0 Å². The van der Waals surface area contributed by atoms with E-state index in [2.05, 4.69) is 24.5 Å². The quantitative estimate of drug-likeness (QED) is 0.415. The first-order valence-corrected chi connectivity index (χ1v) is 9.66. The molecule has 2 aromatic rings. The van der Waals surface area contributed by atoms with Gasteiger partial charge in [0.05, 0.1) is 17.9 Å². The molecule has 5 nitrogen and oxygen atoms in total. The first kappa shape index (κ1) is 21.7. The third-order valence-corrected chi connectivity index (χ3v) is 4.73. The van der Waals surface area contributed by atoms with Gasteiger partial charge in [0.1, 0.15) is 17.3 Å². The summed E-state index contributed by atoms with van der Waals surface area (Å²) in [5.74, 6) is -0.226. The Morgan fingerprint density at radius 1 is 1.14 bits per heavy atom. The maximum absolute atomic E-state index is 12.5. The summed E-state index contributed by atoms with van der Waals surface area (Å²) < 4.78 is 5.72. The van der Waals surface area contributed by atoms with Crippen molar-refractivity contribution in [2.24, 2.45) is 11.8 Å². The van der Waals surface area contributed by atoms with Crippen molar-refractivity contribution in [1.82, 2.24) is 0 Å². The SMILES string of the molecule is C=C[C@H](C(=O)C[C@@H](CS)C(=O)Nc1ccc(Oc2ccccc2)cc1)[C@@H](C)O. The van der Waals surface area contributed by atoms with Crippen LogP contribution < -0.4 is 10.1 Å². The van der Waals surface area contributed by atoms with E-state index in [4.69, 9.17) is 4.74 Å². The van der Waals surface area contributed by atoms with Gasteiger partial charge in [-0.05, 0) is 43.3 Å². The molecular weight excluding hydrogens is 374 g/mol. The van der Waals surface area contributed by atoms with Crippen LogP contribution in [0, 0.1) is 11.8 Å². The van der Waals surface area contributed by atoms with Crippen LogP contribution in [0.25, 0.3) is 0 Å². The molecule has 3 atom stereocenters. The fourth-order valence-corrected chi connectivity index (χ4v) is 2.99. The largest absolute Gasteiger partial charge is 0.457 e. The number of carbonyl (C=O) groups is 2. The highest BCUT2D eigenvalue weighted by molar-refractivity contribution is 7.80. The van der Waals surface area contributed by atoms with Gasteiger partial charge in [-0.2, -0.15) is 12.6 Å². The Kier molecular flexibility index (Phi) is 8.29. The number of Topliss-reactive ketones (excluding diaryl/α,β-unsaturated/α-hetero) is 1. The molecule has 0 fully saturated rings. The number of ketones is 1. The van der Waals surface area contributed by atoms with Crippen LogP contribution in [-0.2, 0) is 9.59 Å². The lowest BCUT2D eigenvalue weighted by Crippen LogP contribution is -2.31. The summed E-state index contributed by atoms with van der Waals surface area (Å²) in [4.78, 5) is 24.8. The van der Waals surface area contributed by atoms with Crippen LogP contribution in [-0.4, -0.2) is 28.7 Å². The average molecular weight is 400 g/mol. The van der Waals surface area contributed by atoms with Crippen molar-refractivity contribution < 1.29 is 19.4 Å². The van der Waals surface area contributed by atoms with E-state index >= 15 is 0 Å². The number of hydrogen-bond acceptors (Lipinski definition) is 5.